The molecule has 1 rings (SSSR count). The van der Waals surface area contributed by atoms with Gasteiger partial charge in [0, 0.05) is 12.8 Å². The molecule has 102 valence electrons. The third-order valence-electron chi connectivity index (χ3n) is 2.74. The number of hydrogen-bond acceptors (Lipinski definition) is 5. The fraction of sp³-hybridized carbons (Fsp3) is 0.615. The van der Waals surface area contributed by atoms with E-state index >= 15 is 0 Å². The van der Waals surface area contributed by atoms with Crippen LogP contribution in [0.3, 0.4) is 0 Å². The zero-order chi connectivity index (χ0) is 13.4. The highest BCUT2D eigenvalue weighted by atomic mass is 16.5. The van der Waals surface area contributed by atoms with Crippen molar-refractivity contribution in [3.63, 3.8) is 0 Å². The smallest absolute Gasteiger partial charge is 0.137 e. The molecule has 0 aliphatic heterocycles. The van der Waals surface area contributed by atoms with Crippen LogP contribution in [0.15, 0.2) is 18.5 Å². The van der Waals surface area contributed by atoms with Gasteiger partial charge in [-0.3, -0.25) is 16.3 Å². The summed E-state index contributed by atoms with van der Waals surface area (Å²) in [4.78, 5) is 4.17. The lowest BCUT2D eigenvalue weighted by Gasteiger charge is -2.25. The molecule has 2 unspecified atom stereocenters. The van der Waals surface area contributed by atoms with Crippen LogP contribution < -0.4 is 16.0 Å². The van der Waals surface area contributed by atoms with Crippen LogP contribution in [-0.4, -0.2) is 24.3 Å². The molecule has 0 amide bonds. The van der Waals surface area contributed by atoms with E-state index < -0.39 is 0 Å². The number of rotatable bonds is 8. The van der Waals surface area contributed by atoms with Gasteiger partial charge in [0.25, 0.3) is 0 Å². The Morgan fingerprint density at radius 1 is 1.28 bits per heavy atom. The summed E-state index contributed by atoms with van der Waals surface area (Å²) in [5, 5.41) is 0. The summed E-state index contributed by atoms with van der Waals surface area (Å²) in [6.07, 6.45) is 4.39. The van der Waals surface area contributed by atoms with E-state index in [1.54, 1.807) is 12.4 Å². The second-order valence-electron chi connectivity index (χ2n) is 3.93. The van der Waals surface area contributed by atoms with Crippen molar-refractivity contribution in [3.05, 3.63) is 24.0 Å². The molecule has 5 nitrogen and oxygen atoms in total. The van der Waals surface area contributed by atoms with Crippen LogP contribution in [0.5, 0.6) is 5.75 Å². The molecule has 1 aromatic rings. The van der Waals surface area contributed by atoms with Crippen LogP contribution in [0.2, 0.25) is 0 Å². The fourth-order valence-corrected chi connectivity index (χ4v) is 1.93. The molecule has 0 spiro atoms. The summed E-state index contributed by atoms with van der Waals surface area (Å²) in [7, 11) is 0. The summed E-state index contributed by atoms with van der Waals surface area (Å²) in [6, 6.07) is 1.87. The molecule has 0 radical (unpaired) electrons. The number of ether oxygens (including phenoxy) is 2. The van der Waals surface area contributed by atoms with E-state index in [0.717, 1.165) is 17.7 Å². The van der Waals surface area contributed by atoms with Gasteiger partial charge in [0.15, 0.2) is 0 Å². The van der Waals surface area contributed by atoms with Gasteiger partial charge >= 0.3 is 0 Å². The molecule has 0 aliphatic rings. The molecule has 2 atom stereocenters. The van der Waals surface area contributed by atoms with E-state index in [-0.39, 0.29) is 12.1 Å². The highest BCUT2D eigenvalue weighted by Crippen LogP contribution is 2.23. The number of nitrogens with two attached hydrogens (primary N) is 1. The second kappa shape index (κ2) is 8.02. The summed E-state index contributed by atoms with van der Waals surface area (Å²) in [5.74, 6) is 6.39. The molecule has 18 heavy (non-hydrogen) atoms. The molecule has 0 aromatic carbocycles. The van der Waals surface area contributed by atoms with Crippen molar-refractivity contribution in [1.29, 1.82) is 0 Å². The molecule has 0 saturated carbocycles. The lowest BCUT2D eigenvalue weighted by molar-refractivity contribution is 0.0312. The molecule has 0 saturated heterocycles. The highest BCUT2D eigenvalue weighted by Gasteiger charge is 2.21. The Labute approximate surface area is 109 Å². The van der Waals surface area contributed by atoms with Crippen LogP contribution in [0.4, 0.5) is 0 Å². The quantitative estimate of drug-likeness (QED) is 0.546. The zero-order valence-corrected chi connectivity index (χ0v) is 11.3. The minimum Gasteiger partial charge on any atom is -0.492 e. The first-order valence-electron chi connectivity index (χ1n) is 6.42. The van der Waals surface area contributed by atoms with E-state index in [0.29, 0.717) is 13.2 Å². The third-order valence-corrected chi connectivity index (χ3v) is 2.74. The van der Waals surface area contributed by atoms with Gasteiger partial charge in [-0.1, -0.05) is 6.92 Å². The Morgan fingerprint density at radius 3 is 2.61 bits per heavy atom. The van der Waals surface area contributed by atoms with Crippen LogP contribution in [0.25, 0.3) is 0 Å². The minimum atomic E-state index is -0.0807. The van der Waals surface area contributed by atoms with Gasteiger partial charge < -0.3 is 9.47 Å². The molecule has 3 N–H and O–H groups in total. The number of nitrogens with zero attached hydrogens (tertiary/aromatic N) is 1. The van der Waals surface area contributed by atoms with Gasteiger partial charge in [0.1, 0.15) is 5.75 Å². The van der Waals surface area contributed by atoms with Gasteiger partial charge in [-0.05, 0) is 31.9 Å². The molecular weight excluding hydrogens is 230 g/mol. The van der Waals surface area contributed by atoms with Crippen molar-refractivity contribution in [1.82, 2.24) is 10.4 Å². The lowest BCUT2D eigenvalue weighted by atomic mass is 10.0. The van der Waals surface area contributed by atoms with Crippen LogP contribution in [-0.2, 0) is 4.74 Å². The average Bonchev–Trinajstić information content (AvgIpc) is 2.39. The summed E-state index contributed by atoms with van der Waals surface area (Å²) >= 11 is 0. The van der Waals surface area contributed by atoms with Crippen LogP contribution in [0.1, 0.15) is 38.8 Å². The Bertz CT molecular complexity index is 347. The molecule has 1 heterocycles. The van der Waals surface area contributed by atoms with Gasteiger partial charge in [0.2, 0.25) is 0 Å². The van der Waals surface area contributed by atoms with Crippen molar-refractivity contribution < 1.29 is 9.47 Å². The number of hydrazine groups is 1. The SMILES string of the molecule is CCOc1cncc(C(NN)C(CC)OCC)c1. The maximum Gasteiger partial charge on any atom is 0.137 e. The van der Waals surface area contributed by atoms with Gasteiger partial charge in [-0.15, -0.1) is 0 Å². The minimum absolute atomic E-state index is 0.0266. The van der Waals surface area contributed by atoms with E-state index in [1.807, 2.05) is 19.9 Å². The van der Waals surface area contributed by atoms with Gasteiger partial charge in [-0.25, -0.2) is 0 Å². The maximum absolute atomic E-state index is 5.69. The predicted molar refractivity (Wildman–Crippen MR) is 71.2 cm³/mol. The Kier molecular flexibility index (Phi) is 6.64. The molecule has 0 fully saturated rings. The van der Waals surface area contributed by atoms with Gasteiger partial charge in [-0.2, -0.15) is 0 Å². The zero-order valence-electron chi connectivity index (χ0n) is 11.3. The van der Waals surface area contributed by atoms with Gasteiger partial charge in [0.05, 0.1) is 24.9 Å². The first-order valence-corrected chi connectivity index (χ1v) is 6.42. The molecule has 0 aliphatic carbocycles. The lowest BCUT2D eigenvalue weighted by Crippen LogP contribution is -2.37. The fourth-order valence-electron chi connectivity index (χ4n) is 1.93. The van der Waals surface area contributed by atoms with Crippen LogP contribution >= 0.6 is 0 Å². The molecule has 5 heteroatoms. The monoisotopic (exact) mass is 253 g/mol. The van der Waals surface area contributed by atoms with E-state index in [4.69, 9.17) is 15.3 Å². The predicted octanol–water partition coefficient (Wildman–Crippen LogP) is 1.80. The van der Waals surface area contributed by atoms with Crippen molar-refractivity contribution in [2.24, 2.45) is 5.84 Å². The number of pyridine rings is 1. The number of aromatic nitrogens is 1. The third kappa shape index (κ3) is 3.94. The standard InChI is InChI=1S/C13H23N3O2/c1-4-12(18-6-3)13(16-14)10-7-11(17-5-2)9-15-8-10/h7-9,12-13,16H,4-6,14H2,1-3H3. The van der Waals surface area contributed by atoms with Crippen molar-refractivity contribution in [2.45, 2.75) is 39.3 Å². The van der Waals surface area contributed by atoms with E-state index in [9.17, 15) is 0 Å². The molecule has 1 aromatic heterocycles. The Hall–Kier alpha value is -1.17. The maximum atomic E-state index is 5.69. The van der Waals surface area contributed by atoms with Crippen molar-refractivity contribution in [2.75, 3.05) is 13.2 Å². The van der Waals surface area contributed by atoms with E-state index in [2.05, 4.69) is 17.3 Å². The molecular formula is C13H23N3O2. The van der Waals surface area contributed by atoms with Crippen molar-refractivity contribution in [3.8, 4) is 5.75 Å². The van der Waals surface area contributed by atoms with Crippen LogP contribution in [0, 0.1) is 0 Å². The highest BCUT2D eigenvalue weighted by molar-refractivity contribution is 5.26. The first-order chi connectivity index (χ1) is 8.76. The Balaban J connectivity index is 2.89. The molecule has 0 bridgehead atoms. The summed E-state index contributed by atoms with van der Waals surface area (Å²) < 4.78 is 11.1. The average molecular weight is 253 g/mol. The Morgan fingerprint density at radius 2 is 2.06 bits per heavy atom. The van der Waals surface area contributed by atoms with E-state index in [1.165, 1.54) is 0 Å². The topological polar surface area (TPSA) is 69.4 Å². The van der Waals surface area contributed by atoms with Crippen molar-refractivity contribution >= 4 is 0 Å². The second-order valence-corrected chi connectivity index (χ2v) is 3.93. The number of hydrogen-bond donors (Lipinski definition) is 2. The summed E-state index contributed by atoms with van der Waals surface area (Å²) in [6.45, 7) is 7.28. The first kappa shape index (κ1) is 14.9. The normalized spacial score (nSPS) is 14.2. The number of nitrogens with one attached hydrogen (secondary N) is 1. The summed E-state index contributed by atoms with van der Waals surface area (Å²) in [5.41, 5.74) is 3.78. The largest absolute Gasteiger partial charge is 0.492 e.